The number of nitrogens with zero attached hydrogens (tertiary/aromatic N) is 1. The first-order chi connectivity index (χ1) is 13.1. The Morgan fingerprint density at radius 1 is 1.22 bits per heavy atom. The zero-order chi connectivity index (χ0) is 18.8. The van der Waals surface area contributed by atoms with E-state index in [1.54, 1.807) is 0 Å². The number of amides is 2. The fourth-order valence-corrected chi connectivity index (χ4v) is 3.88. The fraction of sp³-hybridized carbons (Fsp3) is 0.190. The minimum absolute atomic E-state index is 0.0183. The maximum atomic E-state index is 12.3. The summed E-state index contributed by atoms with van der Waals surface area (Å²) in [6, 6.07) is 13.7. The monoisotopic (exact) mass is 377 g/mol. The fourth-order valence-electron chi connectivity index (χ4n) is 3.08. The topological polar surface area (TPSA) is 71.1 Å². The molecule has 1 aromatic heterocycles. The smallest absolute Gasteiger partial charge is 0.231 e. The van der Waals surface area contributed by atoms with Crippen LogP contribution in [0.5, 0.6) is 0 Å². The van der Waals surface area contributed by atoms with Crippen LogP contribution in [0.3, 0.4) is 0 Å². The summed E-state index contributed by atoms with van der Waals surface area (Å²) in [5.41, 5.74) is 5.68. The molecule has 0 saturated heterocycles. The lowest BCUT2D eigenvalue weighted by atomic mass is 10.1. The number of carbonyl (C=O) groups is 2. The van der Waals surface area contributed by atoms with Gasteiger partial charge in [-0.1, -0.05) is 25.1 Å². The molecule has 2 amide bonds. The first-order valence-electron chi connectivity index (χ1n) is 8.87. The lowest BCUT2D eigenvalue weighted by Gasteiger charge is -2.05. The number of hydrogen-bond acceptors (Lipinski definition) is 4. The predicted molar refractivity (Wildman–Crippen MR) is 108 cm³/mol. The molecule has 2 heterocycles. The molecule has 5 nitrogen and oxygen atoms in total. The van der Waals surface area contributed by atoms with Gasteiger partial charge in [0.15, 0.2) is 0 Å². The molecule has 0 fully saturated rings. The van der Waals surface area contributed by atoms with Crippen molar-refractivity contribution in [3.8, 4) is 11.3 Å². The van der Waals surface area contributed by atoms with Gasteiger partial charge in [0.2, 0.25) is 11.8 Å². The maximum Gasteiger partial charge on any atom is 0.231 e. The Hall–Kier alpha value is -2.99. The van der Waals surface area contributed by atoms with Crippen LogP contribution in [-0.2, 0) is 28.9 Å². The Bertz CT molecular complexity index is 1010. The molecule has 0 spiro atoms. The molecule has 27 heavy (non-hydrogen) atoms. The minimum atomic E-state index is -0.0797. The van der Waals surface area contributed by atoms with Gasteiger partial charge in [0, 0.05) is 22.3 Å². The summed E-state index contributed by atoms with van der Waals surface area (Å²) in [6.45, 7) is 2.10. The number of fused-ring (bicyclic) bond motifs is 1. The van der Waals surface area contributed by atoms with Crippen molar-refractivity contribution >= 4 is 34.5 Å². The molecule has 136 valence electrons. The highest BCUT2D eigenvalue weighted by molar-refractivity contribution is 7.10. The van der Waals surface area contributed by atoms with Gasteiger partial charge >= 0.3 is 0 Å². The number of thiazole rings is 1. The molecule has 1 aliphatic heterocycles. The van der Waals surface area contributed by atoms with Crippen molar-refractivity contribution in [3.63, 3.8) is 0 Å². The maximum absolute atomic E-state index is 12.3. The van der Waals surface area contributed by atoms with Crippen LogP contribution in [-0.4, -0.2) is 16.8 Å². The molecule has 0 bridgehead atoms. The lowest BCUT2D eigenvalue weighted by molar-refractivity contribution is -0.116. The molecule has 6 heteroatoms. The highest BCUT2D eigenvalue weighted by atomic mass is 32.1. The van der Waals surface area contributed by atoms with E-state index in [1.807, 2.05) is 47.8 Å². The van der Waals surface area contributed by atoms with Crippen molar-refractivity contribution < 1.29 is 9.59 Å². The Labute approximate surface area is 161 Å². The van der Waals surface area contributed by atoms with Crippen LogP contribution < -0.4 is 10.6 Å². The summed E-state index contributed by atoms with van der Waals surface area (Å²) in [7, 11) is 0. The van der Waals surface area contributed by atoms with Gasteiger partial charge in [0.05, 0.1) is 18.5 Å². The number of benzene rings is 2. The zero-order valence-corrected chi connectivity index (χ0v) is 15.7. The number of nitrogens with one attached hydrogen (secondary N) is 2. The molecule has 0 saturated carbocycles. The summed E-state index contributed by atoms with van der Waals surface area (Å²) in [5, 5.41) is 8.45. The van der Waals surface area contributed by atoms with Gasteiger partial charge in [-0.15, -0.1) is 11.3 Å². The number of aromatic nitrogens is 1. The van der Waals surface area contributed by atoms with Gasteiger partial charge in [-0.05, 0) is 41.8 Å². The molecule has 2 aromatic carbocycles. The number of hydrogen-bond donors (Lipinski definition) is 2. The van der Waals surface area contributed by atoms with Crippen LogP contribution in [0.1, 0.15) is 23.1 Å². The molecule has 3 aromatic rings. The lowest BCUT2D eigenvalue weighted by Crippen LogP contribution is -2.14. The van der Waals surface area contributed by atoms with Crippen LogP contribution >= 0.6 is 11.3 Å². The number of aryl methyl sites for hydroxylation is 1. The molecule has 0 atom stereocenters. The summed E-state index contributed by atoms with van der Waals surface area (Å²) < 4.78 is 0. The van der Waals surface area contributed by atoms with Crippen molar-refractivity contribution in [2.45, 2.75) is 26.2 Å². The summed E-state index contributed by atoms with van der Waals surface area (Å²) in [4.78, 5) is 28.4. The van der Waals surface area contributed by atoms with E-state index in [-0.39, 0.29) is 18.2 Å². The minimum Gasteiger partial charge on any atom is -0.326 e. The van der Waals surface area contributed by atoms with Gasteiger partial charge in [-0.2, -0.15) is 0 Å². The van der Waals surface area contributed by atoms with Crippen molar-refractivity contribution in [2.75, 3.05) is 10.6 Å². The molecular weight excluding hydrogens is 358 g/mol. The third-order valence-corrected chi connectivity index (χ3v) is 5.38. The highest BCUT2D eigenvalue weighted by Gasteiger charge is 2.18. The highest BCUT2D eigenvalue weighted by Crippen LogP contribution is 2.29. The van der Waals surface area contributed by atoms with Gasteiger partial charge in [0.1, 0.15) is 5.01 Å². The van der Waals surface area contributed by atoms with E-state index >= 15 is 0 Å². The van der Waals surface area contributed by atoms with Crippen molar-refractivity contribution in [3.05, 3.63) is 64.0 Å². The SMILES string of the molecule is CCc1ccc(NC(=O)Cc2nc(-c3ccc4c(c3)CC(=O)N4)cs2)cc1. The van der Waals surface area contributed by atoms with Gasteiger partial charge in [-0.3, -0.25) is 9.59 Å². The third kappa shape index (κ3) is 3.90. The largest absolute Gasteiger partial charge is 0.326 e. The van der Waals surface area contributed by atoms with Gasteiger partial charge in [-0.25, -0.2) is 4.98 Å². The quantitative estimate of drug-likeness (QED) is 0.705. The van der Waals surface area contributed by atoms with E-state index in [0.717, 1.165) is 39.6 Å². The molecule has 0 aliphatic carbocycles. The second-order valence-electron chi connectivity index (χ2n) is 6.50. The normalized spacial score (nSPS) is 12.6. The second-order valence-corrected chi connectivity index (χ2v) is 7.44. The first-order valence-corrected chi connectivity index (χ1v) is 9.75. The van der Waals surface area contributed by atoms with Crippen molar-refractivity contribution in [2.24, 2.45) is 0 Å². The Morgan fingerprint density at radius 2 is 2.04 bits per heavy atom. The van der Waals surface area contributed by atoms with Crippen LogP contribution in [0, 0.1) is 0 Å². The molecular formula is C21H19N3O2S. The second kappa shape index (κ2) is 7.32. The number of rotatable bonds is 5. The molecule has 4 rings (SSSR count). The Kier molecular flexibility index (Phi) is 4.73. The molecule has 0 unspecified atom stereocenters. The molecule has 2 N–H and O–H groups in total. The third-order valence-electron chi connectivity index (χ3n) is 4.54. The van der Waals surface area contributed by atoms with Crippen molar-refractivity contribution in [1.82, 2.24) is 4.98 Å². The van der Waals surface area contributed by atoms with E-state index in [1.165, 1.54) is 16.9 Å². The van der Waals surface area contributed by atoms with E-state index in [9.17, 15) is 9.59 Å². The predicted octanol–water partition coefficient (Wildman–Crippen LogP) is 4.05. The summed E-state index contributed by atoms with van der Waals surface area (Å²) in [6.07, 6.45) is 1.62. The van der Waals surface area contributed by atoms with Crippen LogP contribution in [0.4, 0.5) is 11.4 Å². The van der Waals surface area contributed by atoms with E-state index < -0.39 is 0 Å². The summed E-state index contributed by atoms with van der Waals surface area (Å²) in [5.74, 6) is -0.0614. The van der Waals surface area contributed by atoms with E-state index in [0.29, 0.717) is 6.42 Å². The Morgan fingerprint density at radius 3 is 2.81 bits per heavy atom. The molecule has 1 aliphatic rings. The van der Waals surface area contributed by atoms with E-state index in [4.69, 9.17) is 0 Å². The van der Waals surface area contributed by atoms with Gasteiger partial charge < -0.3 is 10.6 Å². The van der Waals surface area contributed by atoms with Crippen LogP contribution in [0.2, 0.25) is 0 Å². The molecule has 0 radical (unpaired) electrons. The Balaban J connectivity index is 1.42. The average Bonchev–Trinajstić information content (AvgIpc) is 3.27. The summed E-state index contributed by atoms with van der Waals surface area (Å²) >= 11 is 1.47. The number of anilines is 2. The zero-order valence-electron chi connectivity index (χ0n) is 14.9. The number of carbonyl (C=O) groups excluding carboxylic acids is 2. The average molecular weight is 377 g/mol. The van der Waals surface area contributed by atoms with E-state index in [2.05, 4.69) is 22.5 Å². The van der Waals surface area contributed by atoms with Crippen LogP contribution in [0.25, 0.3) is 11.3 Å². The van der Waals surface area contributed by atoms with Crippen LogP contribution in [0.15, 0.2) is 47.8 Å². The van der Waals surface area contributed by atoms with Gasteiger partial charge in [0.25, 0.3) is 0 Å². The first kappa shape index (κ1) is 17.4. The standard InChI is InChI=1S/C21H19N3O2S/c1-2-13-3-6-16(7-4-13)22-20(26)11-21-24-18(12-27-21)14-5-8-17-15(9-14)10-19(25)23-17/h3-9,12H,2,10-11H2,1H3,(H,22,26)(H,23,25). The van der Waals surface area contributed by atoms with Crippen molar-refractivity contribution in [1.29, 1.82) is 0 Å².